The van der Waals surface area contributed by atoms with Gasteiger partial charge in [-0.05, 0) is 19.3 Å². The largest absolute Gasteiger partial charge is 0.0843 e. The van der Waals surface area contributed by atoms with Gasteiger partial charge in [0.05, 0.1) is 0 Å². The quantitative estimate of drug-likeness (QED) is 0.520. The van der Waals surface area contributed by atoms with Crippen LogP contribution in [-0.4, -0.2) is 0 Å². The molecule has 0 bridgehead atoms. The van der Waals surface area contributed by atoms with Crippen molar-refractivity contribution < 1.29 is 0 Å². The smallest absolute Gasteiger partial charge is 0.0311 e. The Balaban J connectivity index is 3.76. The van der Waals surface area contributed by atoms with Crippen molar-refractivity contribution in [3.05, 3.63) is 23.8 Å². The van der Waals surface area contributed by atoms with Gasteiger partial charge in [0.2, 0.25) is 0 Å². The minimum Gasteiger partial charge on any atom is -0.0843 e. The molecule has 0 aromatic carbocycles. The first-order chi connectivity index (χ1) is 5.35. The van der Waals surface area contributed by atoms with Crippen molar-refractivity contribution in [2.45, 2.75) is 46.5 Å². The van der Waals surface area contributed by atoms with Crippen molar-refractivity contribution in [1.82, 2.24) is 0 Å². The molecule has 0 aromatic heterocycles. The van der Waals surface area contributed by atoms with Crippen LogP contribution < -0.4 is 0 Å². The Labute approximate surface area is 71.0 Å². The summed E-state index contributed by atoms with van der Waals surface area (Å²) >= 11 is 0. The first-order valence-corrected chi connectivity index (χ1v) is 4.70. The number of unbranched alkanes of at least 4 members (excludes halogenated alkanes) is 1. The Morgan fingerprint density at radius 2 is 1.91 bits per heavy atom. The highest BCUT2D eigenvalue weighted by atomic mass is 13.9. The van der Waals surface area contributed by atoms with E-state index in [-0.39, 0.29) is 0 Å². The lowest BCUT2D eigenvalue weighted by Crippen LogP contribution is -1.74. The van der Waals surface area contributed by atoms with Gasteiger partial charge in [0.1, 0.15) is 0 Å². The molecule has 0 aliphatic rings. The summed E-state index contributed by atoms with van der Waals surface area (Å²) in [4.78, 5) is 0. The zero-order chi connectivity index (χ0) is 8.53. The van der Waals surface area contributed by atoms with Gasteiger partial charge < -0.3 is 0 Å². The zero-order valence-corrected chi connectivity index (χ0v) is 8.06. The molecule has 0 N–H and O–H groups in total. The second-order valence-electron chi connectivity index (χ2n) is 2.73. The highest BCUT2D eigenvalue weighted by Gasteiger charge is 1.84. The van der Waals surface area contributed by atoms with Crippen molar-refractivity contribution in [3.63, 3.8) is 0 Å². The van der Waals surface area contributed by atoms with Crippen LogP contribution in [0, 0.1) is 0 Å². The summed E-state index contributed by atoms with van der Waals surface area (Å²) in [6.07, 6.45) is 11.6. The SMILES string of the molecule is CC/C=C(/C=C/CCC)CC. The summed E-state index contributed by atoms with van der Waals surface area (Å²) in [5, 5.41) is 0. The van der Waals surface area contributed by atoms with Gasteiger partial charge in [-0.1, -0.05) is 51.0 Å². The fourth-order valence-electron chi connectivity index (χ4n) is 0.994. The van der Waals surface area contributed by atoms with E-state index in [1.165, 1.54) is 18.4 Å². The van der Waals surface area contributed by atoms with Crippen LogP contribution >= 0.6 is 0 Å². The van der Waals surface area contributed by atoms with E-state index in [1.807, 2.05) is 0 Å². The maximum atomic E-state index is 2.30. The molecular formula is C11H20. The highest BCUT2D eigenvalue weighted by Crippen LogP contribution is 2.04. The molecule has 64 valence electrons. The second kappa shape index (κ2) is 7.59. The van der Waals surface area contributed by atoms with Crippen LogP contribution in [-0.2, 0) is 0 Å². The fraction of sp³-hybridized carbons (Fsp3) is 0.636. The molecule has 11 heavy (non-hydrogen) atoms. The molecule has 0 saturated heterocycles. The van der Waals surface area contributed by atoms with E-state index >= 15 is 0 Å². The molecule has 0 fully saturated rings. The van der Waals surface area contributed by atoms with Crippen molar-refractivity contribution in [1.29, 1.82) is 0 Å². The Hall–Kier alpha value is -0.520. The molecule has 0 rings (SSSR count). The molecule has 0 heteroatoms. The number of rotatable bonds is 5. The third-order valence-electron chi connectivity index (χ3n) is 1.66. The molecule has 0 aliphatic carbocycles. The number of hydrogen-bond donors (Lipinski definition) is 0. The Kier molecular flexibility index (Phi) is 7.23. The van der Waals surface area contributed by atoms with Gasteiger partial charge in [0.15, 0.2) is 0 Å². The van der Waals surface area contributed by atoms with Gasteiger partial charge in [0, 0.05) is 0 Å². The molecule has 0 amide bonds. The normalized spacial score (nSPS) is 12.8. The van der Waals surface area contributed by atoms with E-state index in [0.29, 0.717) is 0 Å². The third kappa shape index (κ3) is 5.90. The van der Waals surface area contributed by atoms with E-state index in [4.69, 9.17) is 0 Å². The molecule has 0 spiro atoms. The number of hydrogen-bond acceptors (Lipinski definition) is 0. The second-order valence-corrected chi connectivity index (χ2v) is 2.73. The van der Waals surface area contributed by atoms with E-state index in [2.05, 4.69) is 39.0 Å². The molecular weight excluding hydrogens is 132 g/mol. The lowest BCUT2D eigenvalue weighted by molar-refractivity contribution is 0.954. The topological polar surface area (TPSA) is 0 Å². The average molecular weight is 152 g/mol. The average Bonchev–Trinajstić information content (AvgIpc) is 2.03. The predicted octanol–water partition coefficient (Wildman–Crippen LogP) is 4.09. The molecule has 0 aliphatic heterocycles. The van der Waals surface area contributed by atoms with Crippen molar-refractivity contribution >= 4 is 0 Å². The van der Waals surface area contributed by atoms with Gasteiger partial charge in [-0.2, -0.15) is 0 Å². The summed E-state index contributed by atoms with van der Waals surface area (Å²) in [5.74, 6) is 0. The minimum absolute atomic E-state index is 1.15. The van der Waals surface area contributed by atoms with E-state index in [9.17, 15) is 0 Å². The van der Waals surface area contributed by atoms with Crippen LogP contribution in [0.2, 0.25) is 0 Å². The maximum absolute atomic E-state index is 2.30. The van der Waals surface area contributed by atoms with Gasteiger partial charge >= 0.3 is 0 Å². The first kappa shape index (κ1) is 10.5. The first-order valence-electron chi connectivity index (χ1n) is 4.70. The Bertz CT molecular complexity index is 129. The number of allylic oxidation sites excluding steroid dienone is 4. The van der Waals surface area contributed by atoms with Gasteiger partial charge in [-0.25, -0.2) is 0 Å². The van der Waals surface area contributed by atoms with Gasteiger partial charge in [0.25, 0.3) is 0 Å². The monoisotopic (exact) mass is 152 g/mol. The molecule has 0 saturated carbocycles. The van der Waals surface area contributed by atoms with Crippen molar-refractivity contribution in [3.8, 4) is 0 Å². The molecule has 0 unspecified atom stereocenters. The standard InChI is InChI=1S/C11H20/c1-4-7-8-10-11(6-3)9-5-2/h8-10H,4-7H2,1-3H3/b10-8+,11-9+. The van der Waals surface area contributed by atoms with Crippen molar-refractivity contribution in [2.75, 3.05) is 0 Å². The third-order valence-corrected chi connectivity index (χ3v) is 1.66. The lowest BCUT2D eigenvalue weighted by atomic mass is 10.1. The van der Waals surface area contributed by atoms with E-state index < -0.39 is 0 Å². The van der Waals surface area contributed by atoms with Crippen LogP contribution in [0.4, 0.5) is 0 Å². The van der Waals surface area contributed by atoms with Crippen LogP contribution in [0.15, 0.2) is 23.8 Å². The summed E-state index contributed by atoms with van der Waals surface area (Å²) in [6, 6.07) is 0. The summed E-state index contributed by atoms with van der Waals surface area (Å²) in [6.45, 7) is 6.60. The molecule has 0 radical (unpaired) electrons. The Morgan fingerprint density at radius 3 is 2.36 bits per heavy atom. The summed E-state index contributed by atoms with van der Waals surface area (Å²) in [7, 11) is 0. The van der Waals surface area contributed by atoms with Gasteiger partial charge in [-0.3, -0.25) is 0 Å². The summed E-state index contributed by atoms with van der Waals surface area (Å²) < 4.78 is 0. The maximum Gasteiger partial charge on any atom is -0.0311 e. The lowest BCUT2D eigenvalue weighted by Gasteiger charge is -1.94. The van der Waals surface area contributed by atoms with Gasteiger partial charge in [-0.15, -0.1) is 0 Å². The van der Waals surface area contributed by atoms with Crippen LogP contribution in [0.25, 0.3) is 0 Å². The van der Waals surface area contributed by atoms with Crippen LogP contribution in [0.3, 0.4) is 0 Å². The molecule has 0 aromatic rings. The molecule has 0 heterocycles. The summed E-state index contributed by atoms with van der Waals surface area (Å²) in [5.41, 5.74) is 1.47. The fourth-order valence-corrected chi connectivity index (χ4v) is 0.994. The van der Waals surface area contributed by atoms with Crippen molar-refractivity contribution in [2.24, 2.45) is 0 Å². The van der Waals surface area contributed by atoms with E-state index in [0.717, 1.165) is 12.8 Å². The molecule has 0 atom stereocenters. The van der Waals surface area contributed by atoms with E-state index in [1.54, 1.807) is 0 Å². The highest BCUT2D eigenvalue weighted by molar-refractivity contribution is 5.17. The zero-order valence-electron chi connectivity index (χ0n) is 8.06. The molecule has 0 nitrogen and oxygen atoms in total. The minimum atomic E-state index is 1.15. The Morgan fingerprint density at radius 1 is 1.18 bits per heavy atom. The predicted molar refractivity (Wildman–Crippen MR) is 52.7 cm³/mol. The van der Waals surface area contributed by atoms with Crippen LogP contribution in [0.5, 0.6) is 0 Å². The van der Waals surface area contributed by atoms with Crippen LogP contribution in [0.1, 0.15) is 46.5 Å².